The van der Waals surface area contributed by atoms with Crippen LogP contribution in [0.1, 0.15) is 29.6 Å². The van der Waals surface area contributed by atoms with Crippen LogP contribution < -0.4 is 16.8 Å². The van der Waals surface area contributed by atoms with Gasteiger partial charge in [0.1, 0.15) is 0 Å². The number of nitrogen functional groups attached to an aromatic ring is 1. The minimum absolute atomic E-state index is 0.447. The first kappa shape index (κ1) is 9.83. The van der Waals surface area contributed by atoms with E-state index in [9.17, 15) is 4.79 Å². The zero-order chi connectivity index (χ0) is 10.8. The average molecular weight is 205 g/mol. The highest BCUT2D eigenvalue weighted by Gasteiger charge is 2.17. The summed E-state index contributed by atoms with van der Waals surface area (Å²) in [4.78, 5) is 10.9. The Balaban J connectivity index is 2.14. The number of hydrogen-bond donors (Lipinski definition) is 3. The minimum atomic E-state index is -0.447. The summed E-state index contributed by atoms with van der Waals surface area (Å²) < 4.78 is 0. The van der Waals surface area contributed by atoms with Gasteiger partial charge in [0.15, 0.2) is 0 Å². The number of anilines is 2. The molecule has 80 valence electrons. The summed E-state index contributed by atoms with van der Waals surface area (Å²) in [7, 11) is 0. The van der Waals surface area contributed by atoms with Crippen molar-refractivity contribution in [2.75, 3.05) is 11.1 Å². The molecule has 1 aliphatic carbocycles. The van der Waals surface area contributed by atoms with Gasteiger partial charge in [-0.3, -0.25) is 4.79 Å². The Morgan fingerprint density at radius 3 is 2.60 bits per heavy atom. The van der Waals surface area contributed by atoms with Gasteiger partial charge in [-0.1, -0.05) is 0 Å². The summed E-state index contributed by atoms with van der Waals surface area (Å²) in [6, 6.07) is 5.66. The number of carbonyl (C=O) groups is 1. The van der Waals surface area contributed by atoms with Crippen molar-refractivity contribution < 1.29 is 4.79 Å². The van der Waals surface area contributed by atoms with Gasteiger partial charge in [-0.2, -0.15) is 0 Å². The van der Waals surface area contributed by atoms with Gasteiger partial charge in [0.2, 0.25) is 5.91 Å². The molecule has 0 unspecified atom stereocenters. The first-order chi connectivity index (χ1) is 7.16. The van der Waals surface area contributed by atoms with Crippen molar-refractivity contribution in [3.63, 3.8) is 0 Å². The number of benzene rings is 1. The van der Waals surface area contributed by atoms with Crippen molar-refractivity contribution in [1.29, 1.82) is 0 Å². The van der Waals surface area contributed by atoms with E-state index in [0.29, 0.717) is 17.3 Å². The third kappa shape index (κ3) is 2.03. The number of amides is 1. The molecule has 0 spiro atoms. The molecule has 1 aliphatic rings. The molecule has 0 bridgehead atoms. The molecule has 4 nitrogen and oxygen atoms in total. The van der Waals surface area contributed by atoms with E-state index < -0.39 is 5.91 Å². The molecule has 0 heterocycles. The van der Waals surface area contributed by atoms with Crippen LogP contribution in [0, 0.1) is 0 Å². The number of rotatable bonds is 3. The smallest absolute Gasteiger partial charge is 0.248 e. The fraction of sp³-hybridized carbons (Fsp3) is 0.364. The van der Waals surface area contributed by atoms with E-state index in [1.165, 1.54) is 19.3 Å². The first-order valence-electron chi connectivity index (χ1n) is 5.12. The maximum absolute atomic E-state index is 10.9. The van der Waals surface area contributed by atoms with Gasteiger partial charge >= 0.3 is 0 Å². The maximum Gasteiger partial charge on any atom is 0.248 e. The lowest BCUT2D eigenvalue weighted by atomic mass is 9.93. The summed E-state index contributed by atoms with van der Waals surface area (Å²) >= 11 is 0. The van der Waals surface area contributed by atoms with Crippen molar-refractivity contribution in [3.8, 4) is 0 Å². The molecule has 2 rings (SSSR count). The first-order valence-corrected chi connectivity index (χ1v) is 5.12. The van der Waals surface area contributed by atoms with Crippen LogP contribution in [0.5, 0.6) is 0 Å². The zero-order valence-electron chi connectivity index (χ0n) is 8.49. The molecule has 0 aliphatic heterocycles. The van der Waals surface area contributed by atoms with Crippen LogP contribution in [0.2, 0.25) is 0 Å². The lowest BCUT2D eigenvalue weighted by molar-refractivity contribution is 0.100. The Morgan fingerprint density at radius 2 is 2.13 bits per heavy atom. The molecule has 1 aromatic rings. The molecule has 0 radical (unpaired) electrons. The third-order valence-corrected chi connectivity index (χ3v) is 2.80. The highest BCUT2D eigenvalue weighted by atomic mass is 16.1. The Bertz CT molecular complexity index is 385. The maximum atomic E-state index is 10.9. The van der Waals surface area contributed by atoms with Crippen LogP contribution in [0.25, 0.3) is 0 Å². The van der Waals surface area contributed by atoms with Crippen molar-refractivity contribution in [3.05, 3.63) is 23.8 Å². The number of carbonyl (C=O) groups excluding carboxylic acids is 1. The average Bonchev–Trinajstić information content (AvgIpc) is 2.12. The molecule has 1 fully saturated rings. The predicted octanol–water partition coefficient (Wildman–Crippen LogP) is 1.33. The van der Waals surface area contributed by atoms with Gasteiger partial charge < -0.3 is 16.8 Å². The molecule has 0 atom stereocenters. The quantitative estimate of drug-likeness (QED) is 0.651. The van der Waals surface area contributed by atoms with E-state index >= 15 is 0 Å². The van der Waals surface area contributed by atoms with E-state index in [4.69, 9.17) is 11.5 Å². The lowest BCUT2D eigenvalue weighted by Gasteiger charge is -2.28. The van der Waals surface area contributed by atoms with E-state index in [-0.39, 0.29) is 0 Å². The standard InChI is InChI=1S/C11H15N3O/c12-9-6-7(11(13)15)4-5-10(9)14-8-2-1-3-8/h4-6,8,14H,1-3,12H2,(H2,13,15). The number of primary amides is 1. The topological polar surface area (TPSA) is 81.1 Å². The monoisotopic (exact) mass is 205 g/mol. The van der Waals surface area contributed by atoms with Gasteiger partial charge in [0, 0.05) is 11.6 Å². The van der Waals surface area contributed by atoms with Gasteiger partial charge in [-0.05, 0) is 37.5 Å². The molecular weight excluding hydrogens is 190 g/mol. The number of nitrogens with two attached hydrogens (primary N) is 2. The van der Waals surface area contributed by atoms with Crippen LogP contribution in [-0.2, 0) is 0 Å². The second-order valence-electron chi connectivity index (χ2n) is 3.94. The van der Waals surface area contributed by atoms with E-state index in [0.717, 1.165) is 5.69 Å². The zero-order valence-corrected chi connectivity index (χ0v) is 8.49. The van der Waals surface area contributed by atoms with Crippen molar-refractivity contribution in [2.45, 2.75) is 25.3 Å². The summed E-state index contributed by atoms with van der Waals surface area (Å²) in [6.45, 7) is 0. The fourth-order valence-electron chi connectivity index (χ4n) is 1.62. The minimum Gasteiger partial charge on any atom is -0.397 e. The lowest BCUT2D eigenvalue weighted by Crippen LogP contribution is -2.27. The molecule has 5 N–H and O–H groups in total. The third-order valence-electron chi connectivity index (χ3n) is 2.80. The fourth-order valence-corrected chi connectivity index (χ4v) is 1.62. The highest BCUT2D eigenvalue weighted by molar-refractivity contribution is 5.94. The van der Waals surface area contributed by atoms with Crippen LogP contribution in [0.4, 0.5) is 11.4 Å². The Kier molecular flexibility index (Phi) is 2.49. The van der Waals surface area contributed by atoms with Gasteiger partial charge in [-0.25, -0.2) is 0 Å². The van der Waals surface area contributed by atoms with Crippen molar-refractivity contribution in [1.82, 2.24) is 0 Å². The summed E-state index contributed by atoms with van der Waals surface area (Å²) in [5.41, 5.74) is 12.9. The van der Waals surface area contributed by atoms with E-state index in [1.807, 2.05) is 6.07 Å². The number of nitrogens with one attached hydrogen (secondary N) is 1. The number of hydrogen-bond acceptors (Lipinski definition) is 3. The second-order valence-corrected chi connectivity index (χ2v) is 3.94. The van der Waals surface area contributed by atoms with Crippen LogP contribution in [-0.4, -0.2) is 11.9 Å². The SMILES string of the molecule is NC(=O)c1ccc(NC2CCC2)c(N)c1. The molecule has 1 amide bonds. The summed E-state index contributed by atoms with van der Waals surface area (Å²) in [6.07, 6.45) is 3.66. The summed E-state index contributed by atoms with van der Waals surface area (Å²) in [5.74, 6) is -0.447. The molecule has 0 saturated heterocycles. The van der Waals surface area contributed by atoms with Crippen LogP contribution >= 0.6 is 0 Å². The normalized spacial score (nSPS) is 15.7. The van der Waals surface area contributed by atoms with Gasteiger partial charge in [0.25, 0.3) is 0 Å². The van der Waals surface area contributed by atoms with Gasteiger partial charge in [0.05, 0.1) is 11.4 Å². The molecule has 1 aromatic carbocycles. The van der Waals surface area contributed by atoms with E-state index in [1.54, 1.807) is 12.1 Å². The summed E-state index contributed by atoms with van der Waals surface area (Å²) in [5, 5.41) is 3.34. The Morgan fingerprint density at radius 1 is 1.40 bits per heavy atom. The molecule has 4 heteroatoms. The largest absolute Gasteiger partial charge is 0.397 e. The van der Waals surface area contributed by atoms with E-state index in [2.05, 4.69) is 5.32 Å². The van der Waals surface area contributed by atoms with Crippen molar-refractivity contribution >= 4 is 17.3 Å². The van der Waals surface area contributed by atoms with Gasteiger partial charge in [-0.15, -0.1) is 0 Å². The molecule has 0 aromatic heterocycles. The van der Waals surface area contributed by atoms with Crippen LogP contribution in [0.15, 0.2) is 18.2 Å². The Labute approximate surface area is 88.6 Å². The predicted molar refractivity (Wildman–Crippen MR) is 60.6 cm³/mol. The highest BCUT2D eigenvalue weighted by Crippen LogP contribution is 2.27. The Hall–Kier alpha value is -1.71. The second kappa shape index (κ2) is 3.81. The van der Waals surface area contributed by atoms with Crippen molar-refractivity contribution in [2.24, 2.45) is 5.73 Å². The van der Waals surface area contributed by atoms with Crippen LogP contribution in [0.3, 0.4) is 0 Å². The molecular formula is C11H15N3O. The molecule has 15 heavy (non-hydrogen) atoms. The molecule has 1 saturated carbocycles.